The van der Waals surface area contributed by atoms with Crippen molar-refractivity contribution in [2.45, 2.75) is 32.1 Å². The first-order valence-corrected chi connectivity index (χ1v) is 6.86. The van der Waals surface area contributed by atoms with Gasteiger partial charge < -0.3 is 15.7 Å². The number of amides is 2. The molecule has 0 aromatic rings. The van der Waals surface area contributed by atoms with Gasteiger partial charge in [0.2, 0.25) is 11.8 Å². The molecular formula is C13H20N2O4. The van der Waals surface area contributed by atoms with E-state index >= 15 is 0 Å². The molecule has 3 N–H and O–H groups in total. The molecule has 2 fully saturated rings. The van der Waals surface area contributed by atoms with Gasteiger partial charge in [-0.05, 0) is 32.1 Å². The highest BCUT2D eigenvalue weighted by molar-refractivity contribution is 5.82. The van der Waals surface area contributed by atoms with E-state index in [1.165, 1.54) is 0 Å². The predicted octanol–water partition coefficient (Wildman–Crippen LogP) is 0.130. The Morgan fingerprint density at radius 1 is 0.842 bits per heavy atom. The molecule has 0 saturated heterocycles. The van der Waals surface area contributed by atoms with Gasteiger partial charge in [0, 0.05) is 24.9 Å². The van der Waals surface area contributed by atoms with Crippen molar-refractivity contribution in [1.82, 2.24) is 10.6 Å². The first-order valence-electron chi connectivity index (χ1n) is 6.86. The number of nitrogens with one attached hydrogen (secondary N) is 2. The van der Waals surface area contributed by atoms with Crippen molar-refractivity contribution in [2.75, 3.05) is 13.1 Å². The van der Waals surface area contributed by atoms with Crippen molar-refractivity contribution >= 4 is 17.8 Å². The van der Waals surface area contributed by atoms with Crippen LogP contribution in [-0.4, -0.2) is 36.0 Å². The second kappa shape index (κ2) is 6.04. The zero-order valence-corrected chi connectivity index (χ0v) is 10.9. The summed E-state index contributed by atoms with van der Waals surface area (Å²) in [5.41, 5.74) is 0. The number of hydrogen-bond donors (Lipinski definition) is 3. The van der Waals surface area contributed by atoms with E-state index in [0.717, 1.165) is 12.8 Å². The average Bonchev–Trinajstić information content (AvgIpc) is 3.10. The second-order valence-corrected chi connectivity index (χ2v) is 5.40. The summed E-state index contributed by atoms with van der Waals surface area (Å²) < 4.78 is 0. The van der Waals surface area contributed by atoms with Crippen LogP contribution in [0.1, 0.15) is 32.1 Å². The van der Waals surface area contributed by atoms with Crippen LogP contribution in [-0.2, 0) is 14.4 Å². The Morgan fingerprint density at radius 2 is 1.32 bits per heavy atom. The van der Waals surface area contributed by atoms with Gasteiger partial charge in [-0.3, -0.25) is 14.4 Å². The van der Waals surface area contributed by atoms with Crippen LogP contribution >= 0.6 is 0 Å². The van der Waals surface area contributed by atoms with E-state index in [0.29, 0.717) is 32.4 Å². The van der Waals surface area contributed by atoms with E-state index in [1.54, 1.807) is 0 Å². The first kappa shape index (κ1) is 13.8. The number of carbonyl (C=O) groups is 3. The van der Waals surface area contributed by atoms with Crippen LogP contribution in [0, 0.1) is 17.8 Å². The Morgan fingerprint density at radius 3 is 1.79 bits per heavy atom. The van der Waals surface area contributed by atoms with Crippen molar-refractivity contribution in [2.24, 2.45) is 17.8 Å². The second-order valence-electron chi connectivity index (χ2n) is 5.40. The molecule has 2 unspecified atom stereocenters. The molecule has 0 aromatic carbocycles. The fourth-order valence-corrected chi connectivity index (χ4v) is 2.45. The Kier molecular flexibility index (Phi) is 4.39. The molecule has 6 nitrogen and oxygen atoms in total. The lowest BCUT2D eigenvalue weighted by atomic mass is 10.0. The topological polar surface area (TPSA) is 95.5 Å². The van der Waals surface area contributed by atoms with E-state index in [2.05, 4.69) is 10.6 Å². The monoisotopic (exact) mass is 268 g/mol. The summed E-state index contributed by atoms with van der Waals surface area (Å²) in [5, 5.41) is 14.4. The molecule has 19 heavy (non-hydrogen) atoms. The van der Waals surface area contributed by atoms with E-state index in [9.17, 15) is 14.4 Å². The lowest BCUT2D eigenvalue weighted by Gasteiger charge is -2.11. The fraction of sp³-hybridized carbons (Fsp3) is 0.769. The van der Waals surface area contributed by atoms with Crippen LogP contribution in [0.25, 0.3) is 0 Å². The molecule has 0 aliphatic heterocycles. The van der Waals surface area contributed by atoms with Crippen molar-refractivity contribution in [3.8, 4) is 0 Å². The lowest BCUT2D eigenvalue weighted by Crippen LogP contribution is -2.37. The molecular weight excluding hydrogens is 248 g/mol. The van der Waals surface area contributed by atoms with Crippen LogP contribution in [0.5, 0.6) is 0 Å². The zero-order valence-electron chi connectivity index (χ0n) is 10.9. The molecule has 2 atom stereocenters. The molecule has 2 rings (SSSR count). The summed E-state index contributed by atoms with van der Waals surface area (Å²) in [6, 6.07) is 0. The number of rotatable bonds is 6. The molecule has 0 spiro atoms. The number of aliphatic carboxylic acids is 1. The summed E-state index contributed by atoms with van der Waals surface area (Å²) in [5.74, 6) is -1.23. The van der Waals surface area contributed by atoms with Crippen LogP contribution in [0.2, 0.25) is 0 Å². The van der Waals surface area contributed by atoms with Crippen LogP contribution < -0.4 is 10.6 Å². The Labute approximate surface area is 111 Å². The minimum Gasteiger partial charge on any atom is -0.481 e. The lowest BCUT2D eigenvalue weighted by molar-refractivity contribution is -0.141. The third kappa shape index (κ3) is 3.94. The van der Waals surface area contributed by atoms with E-state index in [4.69, 9.17) is 5.11 Å². The quantitative estimate of drug-likeness (QED) is 0.597. The van der Waals surface area contributed by atoms with Gasteiger partial charge >= 0.3 is 5.97 Å². The Balaban J connectivity index is 1.59. The van der Waals surface area contributed by atoms with Crippen LogP contribution in [0.4, 0.5) is 0 Å². The van der Waals surface area contributed by atoms with Gasteiger partial charge in [0.05, 0.1) is 5.92 Å². The zero-order chi connectivity index (χ0) is 13.8. The first-order chi connectivity index (χ1) is 9.08. The highest BCUT2D eigenvalue weighted by atomic mass is 16.4. The maximum atomic E-state index is 11.8. The molecule has 106 valence electrons. The largest absolute Gasteiger partial charge is 0.481 e. The van der Waals surface area contributed by atoms with Crippen LogP contribution in [0.15, 0.2) is 0 Å². The normalized spacial score (nSPS) is 25.9. The van der Waals surface area contributed by atoms with Gasteiger partial charge in [-0.15, -0.1) is 0 Å². The molecule has 2 saturated carbocycles. The maximum Gasteiger partial charge on any atom is 0.306 e. The summed E-state index contributed by atoms with van der Waals surface area (Å²) in [7, 11) is 0. The van der Waals surface area contributed by atoms with Gasteiger partial charge in [-0.25, -0.2) is 0 Å². The Bertz CT molecular complexity index is 379. The smallest absolute Gasteiger partial charge is 0.306 e. The number of carboxylic acids is 1. The van der Waals surface area contributed by atoms with Crippen molar-refractivity contribution in [3.05, 3.63) is 0 Å². The van der Waals surface area contributed by atoms with Gasteiger partial charge in [0.15, 0.2) is 0 Å². The SMILES string of the molecule is O=C(O)C1CCC(C(=O)NCCNC(=O)C2CC2)C1. The average molecular weight is 268 g/mol. The minimum atomic E-state index is -0.813. The minimum absolute atomic E-state index is 0.0704. The summed E-state index contributed by atoms with van der Waals surface area (Å²) in [6.07, 6.45) is 3.58. The maximum absolute atomic E-state index is 11.8. The van der Waals surface area contributed by atoms with Gasteiger partial charge in [0.1, 0.15) is 0 Å². The van der Waals surface area contributed by atoms with E-state index in [1.807, 2.05) is 0 Å². The van der Waals surface area contributed by atoms with Crippen molar-refractivity contribution < 1.29 is 19.5 Å². The molecule has 2 aliphatic rings. The van der Waals surface area contributed by atoms with Crippen molar-refractivity contribution in [1.29, 1.82) is 0 Å². The third-order valence-corrected chi connectivity index (χ3v) is 3.82. The molecule has 2 aliphatic carbocycles. The molecule has 0 bridgehead atoms. The van der Waals surface area contributed by atoms with Crippen LogP contribution in [0.3, 0.4) is 0 Å². The number of hydrogen-bond acceptors (Lipinski definition) is 3. The summed E-state index contributed by atoms with van der Waals surface area (Å²) in [4.78, 5) is 33.9. The van der Waals surface area contributed by atoms with Crippen molar-refractivity contribution in [3.63, 3.8) is 0 Å². The summed E-state index contributed by atoms with van der Waals surface area (Å²) in [6.45, 7) is 0.849. The van der Waals surface area contributed by atoms with E-state index < -0.39 is 5.97 Å². The van der Waals surface area contributed by atoms with E-state index in [-0.39, 0.29) is 29.6 Å². The molecule has 0 radical (unpaired) electrons. The Hall–Kier alpha value is -1.59. The molecule has 0 heterocycles. The van der Waals surface area contributed by atoms with Gasteiger partial charge in [0.25, 0.3) is 0 Å². The predicted molar refractivity (Wildman–Crippen MR) is 67.2 cm³/mol. The van der Waals surface area contributed by atoms with Gasteiger partial charge in [-0.1, -0.05) is 0 Å². The molecule has 6 heteroatoms. The highest BCUT2D eigenvalue weighted by Crippen LogP contribution is 2.31. The highest BCUT2D eigenvalue weighted by Gasteiger charge is 2.33. The number of carboxylic acid groups (broad SMARTS) is 1. The van der Waals surface area contributed by atoms with Gasteiger partial charge in [-0.2, -0.15) is 0 Å². The fourth-order valence-electron chi connectivity index (χ4n) is 2.45. The number of carbonyl (C=O) groups excluding carboxylic acids is 2. The standard InChI is InChI=1S/C13H20N2O4/c16-11(8-1-2-8)14-5-6-15-12(17)9-3-4-10(7-9)13(18)19/h8-10H,1-7H2,(H,14,16)(H,15,17)(H,18,19). The summed E-state index contributed by atoms with van der Waals surface area (Å²) >= 11 is 0. The molecule has 0 aromatic heterocycles. The third-order valence-electron chi connectivity index (χ3n) is 3.82. The molecule has 2 amide bonds.